The molecule has 0 atom stereocenters. The number of carbonyl (C=O) groups is 1. The van der Waals surface area contributed by atoms with E-state index in [9.17, 15) is 4.79 Å². The van der Waals surface area contributed by atoms with Gasteiger partial charge in [0.2, 0.25) is 0 Å². The second-order valence-corrected chi connectivity index (χ2v) is 5.54. The Balaban J connectivity index is 1.69. The second kappa shape index (κ2) is 6.48. The van der Waals surface area contributed by atoms with Crippen LogP contribution in [0.4, 0.5) is 5.69 Å². The van der Waals surface area contributed by atoms with Gasteiger partial charge in [-0.15, -0.1) is 0 Å². The molecule has 116 valence electrons. The highest BCUT2D eigenvalue weighted by Crippen LogP contribution is 2.21. The zero-order valence-corrected chi connectivity index (χ0v) is 13.2. The van der Waals surface area contributed by atoms with Gasteiger partial charge in [0.25, 0.3) is 5.91 Å². The number of carbonyl (C=O) groups excluding carboxylic acids is 1. The summed E-state index contributed by atoms with van der Waals surface area (Å²) in [6.45, 7) is 3.97. The van der Waals surface area contributed by atoms with Gasteiger partial charge in [-0.1, -0.05) is 24.3 Å². The standard InChI is InChI=1S/C19H18N2O2/c1-13-9-14(2)11-16(10-13)23-12-18(22)21-17-7-3-5-15-6-4-8-20-19(15)17/h3-11H,12H2,1-2H3,(H,21,22). The Morgan fingerprint density at radius 3 is 2.61 bits per heavy atom. The van der Waals surface area contributed by atoms with E-state index in [2.05, 4.69) is 16.4 Å². The molecule has 1 amide bonds. The van der Waals surface area contributed by atoms with Crippen LogP contribution in [0.25, 0.3) is 10.9 Å². The molecule has 4 heteroatoms. The number of hydrogen-bond acceptors (Lipinski definition) is 3. The van der Waals surface area contributed by atoms with E-state index >= 15 is 0 Å². The summed E-state index contributed by atoms with van der Waals surface area (Å²) >= 11 is 0. The minimum absolute atomic E-state index is 0.0356. The first-order valence-corrected chi connectivity index (χ1v) is 7.46. The van der Waals surface area contributed by atoms with Crippen LogP contribution in [0.1, 0.15) is 11.1 Å². The summed E-state index contributed by atoms with van der Waals surface area (Å²) in [6, 6.07) is 15.4. The van der Waals surface area contributed by atoms with Crippen LogP contribution < -0.4 is 10.1 Å². The van der Waals surface area contributed by atoms with Gasteiger partial charge in [0.15, 0.2) is 6.61 Å². The zero-order chi connectivity index (χ0) is 16.2. The number of hydrogen-bond donors (Lipinski definition) is 1. The van der Waals surface area contributed by atoms with Crippen molar-refractivity contribution in [2.75, 3.05) is 11.9 Å². The number of benzene rings is 2. The van der Waals surface area contributed by atoms with Crippen LogP contribution in [0.15, 0.2) is 54.7 Å². The van der Waals surface area contributed by atoms with E-state index < -0.39 is 0 Å². The number of aryl methyl sites for hydroxylation is 2. The van der Waals surface area contributed by atoms with Gasteiger partial charge in [-0.25, -0.2) is 0 Å². The van der Waals surface area contributed by atoms with Crippen molar-refractivity contribution in [1.82, 2.24) is 4.98 Å². The summed E-state index contributed by atoms with van der Waals surface area (Å²) < 4.78 is 5.58. The predicted molar refractivity (Wildman–Crippen MR) is 91.8 cm³/mol. The van der Waals surface area contributed by atoms with Crippen molar-refractivity contribution >= 4 is 22.5 Å². The molecule has 0 aliphatic heterocycles. The summed E-state index contributed by atoms with van der Waals surface area (Å²) in [5.41, 5.74) is 3.68. The van der Waals surface area contributed by atoms with Crippen molar-refractivity contribution < 1.29 is 9.53 Å². The van der Waals surface area contributed by atoms with Crippen molar-refractivity contribution in [3.63, 3.8) is 0 Å². The van der Waals surface area contributed by atoms with E-state index in [-0.39, 0.29) is 12.5 Å². The predicted octanol–water partition coefficient (Wildman–Crippen LogP) is 3.87. The monoisotopic (exact) mass is 306 g/mol. The minimum atomic E-state index is -0.206. The van der Waals surface area contributed by atoms with Crippen LogP contribution in [0.5, 0.6) is 5.75 Å². The molecule has 4 nitrogen and oxygen atoms in total. The number of pyridine rings is 1. The molecule has 0 saturated heterocycles. The van der Waals surface area contributed by atoms with Gasteiger partial charge in [0.05, 0.1) is 11.2 Å². The van der Waals surface area contributed by atoms with Crippen molar-refractivity contribution in [3.05, 3.63) is 65.9 Å². The topological polar surface area (TPSA) is 51.2 Å². The average molecular weight is 306 g/mol. The average Bonchev–Trinajstić information content (AvgIpc) is 2.52. The Bertz CT molecular complexity index is 833. The molecule has 0 saturated carbocycles. The molecule has 0 radical (unpaired) electrons. The maximum atomic E-state index is 12.1. The summed E-state index contributed by atoms with van der Waals surface area (Å²) in [5.74, 6) is 0.496. The molecule has 3 rings (SSSR count). The molecule has 23 heavy (non-hydrogen) atoms. The number of aromatic nitrogens is 1. The first-order chi connectivity index (χ1) is 11.1. The first kappa shape index (κ1) is 15.0. The first-order valence-electron chi connectivity index (χ1n) is 7.46. The maximum Gasteiger partial charge on any atom is 0.262 e. The summed E-state index contributed by atoms with van der Waals surface area (Å²) in [4.78, 5) is 16.5. The van der Waals surface area contributed by atoms with Crippen LogP contribution in [0.3, 0.4) is 0 Å². The van der Waals surface area contributed by atoms with Gasteiger partial charge >= 0.3 is 0 Å². The molecular formula is C19H18N2O2. The van der Waals surface area contributed by atoms with E-state index in [0.29, 0.717) is 11.4 Å². The van der Waals surface area contributed by atoms with Crippen molar-refractivity contribution in [1.29, 1.82) is 0 Å². The summed E-state index contributed by atoms with van der Waals surface area (Å²) in [6.07, 6.45) is 1.71. The second-order valence-electron chi connectivity index (χ2n) is 5.54. The van der Waals surface area contributed by atoms with E-state index in [1.54, 1.807) is 6.20 Å². The van der Waals surface area contributed by atoms with Crippen molar-refractivity contribution in [3.8, 4) is 5.75 Å². The highest BCUT2D eigenvalue weighted by molar-refractivity contribution is 6.00. The lowest BCUT2D eigenvalue weighted by Gasteiger charge is -2.10. The van der Waals surface area contributed by atoms with Gasteiger partial charge in [0, 0.05) is 11.6 Å². The lowest BCUT2D eigenvalue weighted by molar-refractivity contribution is -0.118. The molecule has 0 unspecified atom stereocenters. The molecule has 0 aliphatic carbocycles. The normalized spacial score (nSPS) is 10.5. The smallest absolute Gasteiger partial charge is 0.262 e. The summed E-state index contributed by atoms with van der Waals surface area (Å²) in [7, 11) is 0. The van der Waals surface area contributed by atoms with E-state index in [4.69, 9.17) is 4.74 Å². The molecule has 1 N–H and O–H groups in total. The molecule has 0 spiro atoms. The van der Waals surface area contributed by atoms with Gasteiger partial charge in [-0.05, 0) is 49.2 Å². The third-order valence-electron chi connectivity index (χ3n) is 3.47. The van der Waals surface area contributed by atoms with Gasteiger partial charge in [-0.2, -0.15) is 0 Å². The van der Waals surface area contributed by atoms with Crippen LogP contribution in [0, 0.1) is 13.8 Å². The van der Waals surface area contributed by atoms with E-state index in [1.807, 2.05) is 56.3 Å². The largest absolute Gasteiger partial charge is 0.484 e. The third-order valence-corrected chi connectivity index (χ3v) is 3.47. The van der Waals surface area contributed by atoms with Gasteiger partial charge in [0.1, 0.15) is 5.75 Å². The van der Waals surface area contributed by atoms with Gasteiger partial charge in [-0.3, -0.25) is 9.78 Å². The Hall–Kier alpha value is -2.88. The number of fused-ring (bicyclic) bond motifs is 1. The van der Waals surface area contributed by atoms with Crippen molar-refractivity contribution in [2.24, 2.45) is 0 Å². The van der Waals surface area contributed by atoms with Crippen LogP contribution >= 0.6 is 0 Å². The Kier molecular flexibility index (Phi) is 4.24. The lowest BCUT2D eigenvalue weighted by Crippen LogP contribution is -2.20. The summed E-state index contributed by atoms with van der Waals surface area (Å²) in [5, 5.41) is 3.84. The van der Waals surface area contributed by atoms with E-state index in [0.717, 1.165) is 22.0 Å². The molecule has 0 aliphatic rings. The SMILES string of the molecule is Cc1cc(C)cc(OCC(=O)Nc2cccc3cccnc23)c1. The quantitative estimate of drug-likeness (QED) is 0.796. The van der Waals surface area contributed by atoms with Gasteiger partial charge < -0.3 is 10.1 Å². The Labute approximate surface area is 135 Å². The number of amides is 1. The minimum Gasteiger partial charge on any atom is -0.484 e. The highest BCUT2D eigenvalue weighted by atomic mass is 16.5. The molecule has 0 bridgehead atoms. The van der Waals surface area contributed by atoms with Crippen LogP contribution in [-0.2, 0) is 4.79 Å². The van der Waals surface area contributed by atoms with E-state index in [1.165, 1.54) is 0 Å². The number of anilines is 1. The molecule has 0 fully saturated rings. The van der Waals surface area contributed by atoms with Crippen LogP contribution in [-0.4, -0.2) is 17.5 Å². The molecule has 2 aromatic carbocycles. The Morgan fingerprint density at radius 2 is 1.83 bits per heavy atom. The fraction of sp³-hybridized carbons (Fsp3) is 0.158. The number of rotatable bonds is 4. The highest BCUT2D eigenvalue weighted by Gasteiger charge is 2.07. The fourth-order valence-electron chi connectivity index (χ4n) is 2.56. The van der Waals surface area contributed by atoms with Crippen LogP contribution in [0.2, 0.25) is 0 Å². The third kappa shape index (κ3) is 3.66. The number of ether oxygens (including phenoxy) is 1. The fourth-order valence-corrected chi connectivity index (χ4v) is 2.56. The molecule has 3 aromatic rings. The van der Waals surface area contributed by atoms with Crippen molar-refractivity contribution in [2.45, 2.75) is 13.8 Å². The number of para-hydroxylation sites is 1. The maximum absolute atomic E-state index is 12.1. The molecule has 1 aromatic heterocycles. The number of nitrogens with zero attached hydrogens (tertiary/aromatic N) is 1. The molecular weight excluding hydrogens is 288 g/mol. The zero-order valence-electron chi connectivity index (χ0n) is 13.2. The lowest BCUT2D eigenvalue weighted by atomic mass is 10.1. The number of nitrogens with one attached hydrogen (secondary N) is 1. The molecule has 1 heterocycles. The Morgan fingerprint density at radius 1 is 1.09 bits per heavy atom.